The Labute approximate surface area is 151 Å². The lowest BCUT2D eigenvalue weighted by Crippen LogP contribution is -2.11. The highest BCUT2D eigenvalue weighted by Gasteiger charge is 2.17. The van der Waals surface area contributed by atoms with Crippen LogP contribution in [-0.2, 0) is 11.2 Å². The van der Waals surface area contributed by atoms with Crippen molar-refractivity contribution in [3.8, 4) is 11.1 Å². The third-order valence-corrected chi connectivity index (χ3v) is 4.48. The van der Waals surface area contributed by atoms with Crippen molar-refractivity contribution in [2.75, 3.05) is 19.0 Å². The second-order valence-corrected chi connectivity index (χ2v) is 6.69. The van der Waals surface area contributed by atoms with Gasteiger partial charge in [-0.15, -0.1) is 0 Å². The van der Waals surface area contributed by atoms with E-state index in [2.05, 4.69) is 0 Å². The van der Waals surface area contributed by atoms with Gasteiger partial charge in [0.2, 0.25) is 0 Å². The van der Waals surface area contributed by atoms with Gasteiger partial charge in [0.25, 0.3) is 0 Å². The van der Waals surface area contributed by atoms with Crippen LogP contribution in [0.5, 0.6) is 0 Å². The lowest BCUT2D eigenvalue weighted by atomic mass is 9.90. The highest BCUT2D eigenvalue weighted by atomic mass is 35.5. The molecule has 3 aromatic rings. The normalized spacial score (nSPS) is 10.9. The second kappa shape index (κ2) is 6.73. The number of carboxylic acids is 1. The molecule has 0 radical (unpaired) electrons. The van der Waals surface area contributed by atoms with E-state index in [4.69, 9.17) is 16.6 Å². The Morgan fingerprint density at radius 3 is 2.44 bits per heavy atom. The number of hydrogen-bond acceptors (Lipinski definition) is 3. The maximum absolute atomic E-state index is 11.4. The molecule has 1 heterocycles. The van der Waals surface area contributed by atoms with Crippen LogP contribution >= 0.6 is 11.6 Å². The zero-order valence-electron chi connectivity index (χ0n) is 14.4. The predicted octanol–water partition coefficient (Wildman–Crippen LogP) is 4.56. The first-order valence-corrected chi connectivity index (χ1v) is 8.33. The number of aromatic nitrogens is 1. The summed E-state index contributed by atoms with van der Waals surface area (Å²) in [6, 6.07) is 13.4. The Kier molecular flexibility index (Phi) is 4.64. The minimum absolute atomic E-state index is 0.0326. The molecule has 1 aromatic heterocycles. The van der Waals surface area contributed by atoms with Crippen molar-refractivity contribution in [2.45, 2.75) is 13.3 Å². The van der Waals surface area contributed by atoms with E-state index in [9.17, 15) is 9.90 Å². The zero-order chi connectivity index (χ0) is 18.1. The molecule has 0 aliphatic carbocycles. The summed E-state index contributed by atoms with van der Waals surface area (Å²) in [5.74, 6) is 0.00970. The highest BCUT2D eigenvalue weighted by molar-refractivity contribution is 6.30. The fraction of sp³-hybridized carbons (Fsp3) is 0.200. The first-order valence-electron chi connectivity index (χ1n) is 7.95. The number of carboxylic acid groups (broad SMARTS) is 1. The van der Waals surface area contributed by atoms with Crippen LogP contribution in [-0.4, -0.2) is 30.2 Å². The van der Waals surface area contributed by atoms with Gasteiger partial charge in [-0.1, -0.05) is 23.7 Å². The molecule has 2 aromatic carbocycles. The summed E-state index contributed by atoms with van der Waals surface area (Å²) in [6.07, 6.45) is -0.0326. The van der Waals surface area contributed by atoms with Crippen LogP contribution in [0.3, 0.4) is 0 Å². The molecule has 0 bridgehead atoms. The molecule has 4 nitrogen and oxygen atoms in total. The van der Waals surface area contributed by atoms with Crippen LogP contribution in [0.2, 0.25) is 5.02 Å². The number of pyridine rings is 1. The number of carbonyl (C=O) groups is 1. The van der Waals surface area contributed by atoms with Gasteiger partial charge in [-0.25, -0.2) is 4.98 Å². The van der Waals surface area contributed by atoms with Gasteiger partial charge in [-0.05, 0) is 59.5 Å². The van der Waals surface area contributed by atoms with Gasteiger partial charge in [-0.2, -0.15) is 0 Å². The molecule has 25 heavy (non-hydrogen) atoms. The number of benzene rings is 2. The average Bonchev–Trinajstić information content (AvgIpc) is 2.55. The number of aliphatic carboxylic acids is 1. The Hall–Kier alpha value is -2.59. The van der Waals surface area contributed by atoms with E-state index < -0.39 is 5.97 Å². The molecular formula is C20H19ClN2O2. The average molecular weight is 355 g/mol. The number of hydrogen-bond donors (Lipinski definition) is 1. The van der Waals surface area contributed by atoms with Crippen molar-refractivity contribution < 1.29 is 9.90 Å². The van der Waals surface area contributed by atoms with E-state index in [0.29, 0.717) is 5.02 Å². The van der Waals surface area contributed by atoms with E-state index in [1.807, 2.05) is 68.4 Å². The van der Waals surface area contributed by atoms with E-state index >= 15 is 0 Å². The number of nitrogens with zero attached hydrogens (tertiary/aromatic N) is 2. The van der Waals surface area contributed by atoms with Crippen molar-refractivity contribution in [2.24, 2.45) is 0 Å². The van der Waals surface area contributed by atoms with E-state index in [-0.39, 0.29) is 6.42 Å². The number of aryl methyl sites for hydroxylation is 1. The van der Waals surface area contributed by atoms with Gasteiger partial charge in [0.05, 0.1) is 11.9 Å². The molecule has 0 saturated carbocycles. The van der Waals surface area contributed by atoms with Crippen molar-refractivity contribution in [3.05, 3.63) is 58.6 Å². The van der Waals surface area contributed by atoms with Crippen molar-refractivity contribution in [3.63, 3.8) is 0 Å². The Morgan fingerprint density at radius 1 is 1.16 bits per heavy atom. The quantitative estimate of drug-likeness (QED) is 0.746. The van der Waals surface area contributed by atoms with E-state index in [1.54, 1.807) is 0 Å². The number of anilines is 1. The number of rotatable bonds is 4. The van der Waals surface area contributed by atoms with Crippen molar-refractivity contribution >= 4 is 34.3 Å². The van der Waals surface area contributed by atoms with Gasteiger partial charge in [0.15, 0.2) is 0 Å². The first-order chi connectivity index (χ1) is 11.9. The SMILES string of the molecule is Cc1cc2nc(N(C)C)ccc2c(-c2ccc(Cl)cc2)c1CC(=O)O. The van der Waals surface area contributed by atoms with Crippen molar-refractivity contribution in [1.82, 2.24) is 4.98 Å². The molecule has 0 aliphatic heterocycles. The Morgan fingerprint density at radius 2 is 1.84 bits per heavy atom. The third kappa shape index (κ3) is 3.44. The summed E-state index contributed by atoms with van der Waals surface area (Å²) in [6.45, 7) is 1.93. The van der Waals surface area contributed by atoms with Crippen LogP contribution in [0.15, 0.2) is 42.5 Å². The monoisotopic (exact) mass is 354 g/mol. The molecule has 0 saturated heterocycles. The molecule has 0 amide bonds. The van der Waals surface area contributed by atoms with Gasteiger partial charge in [0.1, 0.15) is 5.82 Å². The van der Waals surface area contributed by atoms with Crippen LogP contribution in [0.4, 0.5) is 5.82 Å². The Balaban J connectivity index is 2.35. The summed E-state index contributed by atoms with van der Waals surface area (Å²) in [5.41, 5.74) is 4.42. The summed E-state index contributed by atoms with van der Waals surface area (Å²) in [7, 11) is 3.89. The van der Waals surface area contributed by atoms with Crippen LogP contribution in [0.25, 0.3) is 22.0 Å². The third-order valence-electron chi connectivity index (χ3n) is 4.23. The lowest BCUT2D eigenvalue weighted by Gasteiger charge is -2.17. The zero-order valence-corrected chi connectivity index (χ0v) is 15.1. The molecule has 1 N–H and O–H groups in total. The molecule has 0 spiro atoms. The van der Waals surface area contributed by atoms with Gasteiger partial charge >= 0.3 is 5.97 Å². The fourth-order valence-corrected chi connectivity index (χ4v) is 3.14. The standard InChI is InChI=1S/C20H19ClN2O2/c1-12-10-17-15(8-9-18(22-17)23(2)3)20(16(12)11-19(24)25)13-4-6-14(21)7-5-13/h4-10H,11H2,1-3H3,(H,24,25). The summed E-state index contributed by atoms with van der Waals surface area (Å²) < 4.78 is 0. The summed E-state index contributed by atoms with van der Waals surface area (Å²) in [5, 5.41) is 10.9. The molecule has 128 valence electrons. The topological polar surface area (TPSA) is 53.4 Å². The molecule has 0 unspecified atom stereocenters. The lowest BCUT2D eigenvalue weighted by molar-refractivity contribution is -0.136. The van der Waals surface area contributed by atoms with E-state index in [0.717, 1.165) is 39.0 Å². The number of halogens is 1. The summed E-state index contributed by atoms with van der Waals surface area (Å²) >= 11 is 6.02. The van der Waals surface area contributed by atoms with Gasteiger partial charge in [0, 0.05) is 24.5 Å². The fourth-order valence-electron chi connectivity index (χ4n) is 3.01. The minimum atomic E-state index is -0.851. The molecule has 3 rings (SSSR count). The van der Waals surface area contributed by atoms with Crippen LogP contribution < -0.4 is 4.90 Å². The highest BCUT2D eigenvalue weighted by Crippen LogP contribution is 2.35. The first kappa shape index (κ1) is 17.2. The minimum Gasteiger partial charge on any atom is -0.481 e. The van der Waals surface area contributed by atoms with E-state index in [1.165, 1.54) is 0 Å². The maximum Gasteiger partial charge on any atom is 0.307 e. The van der Waals surface area contributed by atoms with Gasteiger partial charge in [-0.3, -0.25) is 4.79 Å². The molecular weight excluding hydrogens is 336 g/mol. The van der Waals surface area contributed by atoms with Crippen molar-refractivity contribution in [1.29, 1.82) is 0 Å². The molecule has 5 heteroatoms. The molecule has 0 fully saturated rings. The van der Waals surface area contributed by atoms with Gasteiger partial charge < -0.3 is 10.0 Å². The maximum atomic E-state index is 11.4. The second-order valence-electron chi connectivity index (χ2n) is 6.25. The van der Waals surface area contributed by atoms with Crippen LogP contribution in [0.1, 0.15) is 11.1 Å². The van der Waals surface area contributed by atoms with Crippen LogP contribution in [0, 0.1) is 6.92 Å². The predicted molar refractivity (Wildman–Crippen MR) is 103 cm³/mol. The Bertz CT molecular complexity index is 950. The smallest absolute Gasteiger partial charge is 0.307 e. The largest absolute Gasteiger partial charge is 0.481 e. The summed E-state index contributed by atoms with van der Waals surface area (Å²) in [4.78, 5) is 18.1. The molecule has 0 atom stereocenters. The molecule has 0 aliphatic rings. The number of fused-ring (bicyclic) bond motifs is 1.